The number of carbonyl (C=O) groups excluding carboxylic acids is 1. The molecule has 2 unspecified atom stereocenters. The van der Waals surface area contributed by atoms with Crippen LogP contribution in [0.25, 0.3) is 5.57 Å². The first-order chi connectivity index (χ1) is 14.1. The van der Waals surface area contributed by atoms with Crippen molar-refractivity contribution >= 4 is 17.6 Å². The van der Waals surface area contributed by atoms with Crippen molar-refractivity contribution in [2.24, 2.45) is 16.6 Å². The van der Waals surface area contributed by atoms with Crippen molar-refractivity contribution in [2.45, 2.75) is 19.1 Å². The molecule has 0 aromatic heterocycles. The van der Waals surface area contributed by atoms with Crippen molar-refractivity contribution in [3.8, 4) is 0 Å². The van der Waals surface area contributed by atoms with Crippen molar-refractivity contribution < 1.29 is 19.7 Å². The van der Waals surface area contributed by atoms with Gasteiger partial charge in [0.1, 0.15) is 5.78 Å². The number of hydrogen-bond donors (Lipinski definition) is 3. The normalized spacial score (nSPS) is 14.2. The molecule has 0 saturated carbocycles. The monoisotopic (exact) mass is 398 g/mol. The molecule has 4 N–H and O–H groups in total. The molecule has 1 aromatic rings. The molecule has 1 rings (SSSR count). The minimum absolute atomic E-state index is 0.0358. The number of allylic oxidation sites excluding steroid dienone is 4. The molecule has 0 aliphatic rings. The second-order valence-corrected chi connectivity index (χ2v) is 6.16. The Bertz CT molecular complexity index is 753. The van der Waals surface area contributed by atoms with E-state index in [9.17, 15) is 9.90 Å². The number of Topliss-reactive ketones (excluding diaryl/α,β-unsaturated/α-hetero) is 1. The number of nitrogens with two attached hydrogens (primary N) is 1. The van der Waals surface area contributed by atoms with Gasteiger partial charge in [-0.15, -0.1) is 6.58 Å². The second kappa shape index (κ2) is 14.4. The summed E-state index contributed by atoms with van der Waals surface area (Å²) < 4.78 is 5.15. The van der Waals surface area contributed by atoms with E-state index in [0.29, 0.717) is 18.5 Å². The highest BCUT2D eigenvalue weighted by atomic mass is 16.6. The van der Waals surface area contributed by atoms with E-state index in [1.54, 1.807) is 42.6 Å². The lowest BCUT2D eigenvalue weighted by Crippen LogP contribution is -2.13. The number of nitrogens with zero attached hydrogens (tertiary/aromatic N) is 1. The number of ketones is 1. The average molecular weight is 399 g/mol. The zero-order valence-electron chi connectivity index (χ0n) is 16.6. The summed E-state index contributed by atoms with van der Waals surface area (Å²) >= 11 is 0. The zero-order chi connectivity index (χ0) is 21.5. The maximum atomic E-state index is 12.5. The highest BCUT2D eigenvalue weighted by Gasteiger charge is 2.17. The van der Waals surface area contributed by atoms with E-state index in [1.807, 2.05) is 12.1 Å². The first-order valence-electron chi connectivity index (χ1n) is 9.41. The van der Waals surface area contributed by atoms with Gasteiger partial charge >= 0.3 is 0 Å². The molecule has 29 heavy (non-hydrogen) atoms. The number of benzene rings is 1. The van der Waals surface area contributed by atoms with Crippen molar-refractivity contribution in [1.82, 2.24) is 0 Å². The Balaban J connectivity index is 2.93. The lowest BCUT2D eigenvalue weighted by molar-refractivity contribution is -0.120. The Kier molecular flexibility index (Phi) is 12.1. The Labute approximate surface area is 172 Å². The zero-order valence-corrected chi connectivity index (χ0v) is 16.6. The molecule has 0 fully saturated rings. The summed E-state index contributed by atoms with van der Waals surface area (Å²) in [4.78, 5) is 16.4. The fourth-order valence-electron chi connectivity index (χ4n) is 2.69. The highest BCUT2D eigenvalue weighted by molar-refractivity contribution is 5.87. The maximum Gasteiger partial charge on any atom is 0.181 e. The smallest absolute Gasteiger partial charge is 0.181 e. The molecular weight excluding hydrogens is 368 g/mol. The molecule has 0 bridgehead atoms. The van der Waals surface area contributed by atoms with Crippen LogP contribution >= 0.6 is 0 Å². The molecule has 1 aromatic carbocycles. The van der Waals surface area contributed by atoms with Gasteiger partial charge in [0.05, 0.1) is 13.2 Å². The van der Waals surface area contributed by atoms with E-state index >= 15 is 0 Å². The van der Waals surface area contributed by atoms with Crippen LogP contribution in [-0.2, 0) is 9.53 Å². The first kappa shape index (κ1) is 24.4. The summed E-state index contributed by atoms with van der Waals surface area (Å²) in [7, 11) is 0. The molecule has 0 saturated heterocycles. The number of carbonyl (C=O) groups is 1. The lowest BCUT2D eigenvalue weighted by atomic mass is 9.89. The average Bonchev–Trinajstić information content (AvgIpc) is 2.74. The van der Waals surface area contributed by atoms with Gasteiger partial charge < -0.3 is 20.7 Å². The summed E-state index contributed by atoms with van der Waals surface area (Å²) in [5, 5.41) is 18.9. The molecule has 156 valence electrons. The van der Waals surface area contributed by atoms with E-state index in [-0.39, 0.29) is 31.3 Å². The molecule has 6 heteroatoms. The van der Waals surface area contributed by atoms with Gasteiger partial charge in [-0.3, -0.25) is 9.79 Å². The van der Waals surface area contributed by atoms with E-state index in [0.717, 1.165) is 11.1 Å². The SMILES string of the molecule is C=CN=C/C=C/CC(=O)C(C=C)C/C(=C/CN)c1cccc(C(O)OCCO)c1. The first-order valence-corrected chi connectivity index (χ1v) is 9.41. The van der Waals surface area contributed by atoms with Crippen LogP contribution in [0.3, 0.4) is 0 Å². The van der Waals surface area contributed by atoms with Crippen molar-refractivity contribution in [1.29, 1.82) is 0 Å². The number of hydrogen-bond acceptors (Lipinski definition) is 6. The third-order valence-electron chi connectivity index (χ3n) is 4.14. The summed E-state index contributed by atoms with van der Waals surface area (Å²) in [6.45, 7) is 7.46. The number of aliphatic imine (C=N–C) groups is 1. The van der Waals surface area contributed by atoms with Crippen LogP contribution in [0.2, 0.25) is 0 Å². The summed E-state index contributed by atoms with van der Waals surface area (Å²) in [6, 6.07) is 7.21. The standard InChI is InChI=1S/C23H30N2O4/c1-3-18(22(27)10-5-6-13-25-4-2)16-20(11-12-24)19-8-7-9-21(17-19)23(28)29-15-14-26/h3-9,11,13,17-18,23,26,28H,1-2,10,12,14-16,24H2/b6-5+,20-11-,25-13?. The van der Waals surface area contributed by atoms with Crippen LogP contribution in [0.4, 0.5) is 0 Å². The number of rotatable bonds is 14. The second-order valence-electron chi connectivity index (χ2n) is 6.16. The predicted octanol–water partition coefficient (Wildman–Crippen LogP) is 2.95. The molecule has 0 aliphatic heterocycles. The maximum absolute atomic E-state index is 12.5. The van der Waals surface area contributed by atoms with Crippen molar-refractivity contribution in [3.05, 3.63) is 79.1 Å². The molecule has 6 nitrogen and oxygen atoms in total. The number of aliphatic hydroxyl groups excluding tert-OH is 2. The molecule has 2 atom stereocenters. The van der Waals surface area contributed by atoms with Gasteiger partial charge in [-0.1, -0.05) is 43.0 Å². The van der Waals surface area contributed by atoms with Gasteiger partial charge in [-0.2, -0.15) is 0 Å². The number of aliphatic hydroxyl groups is 2. The highest BCUT2D eigenvalue weighted by Crippen LogP contribution is 2.27. The van der Waals surface area contributed by atoms with Crippen LogP contribution in [-0.4, -0.2) is 42.0 Å². The lowest BCUT2D eigenvalue weighted by Gasteiger charge is -2.17. The summed E-state index contributed by atoms with van der Waals surface area (Å²) in [6.07, 6.45) is 9.51. The molecule has 0 heterocycles. The molecule has 0 aliphatic carbocycles. The fourth-order valence-corrected chi connectivity index (χ4v) is 2.69. The van der Waals surface area contributed by atoms with Gasteiger partial charge in [0.25, 0.3) is 0 Å². The van der Waals surface area contributed by atoms with E-state index in [2.05, 4.69) is 18.2 Å². The van der Waals surface area contributed by atoms with Crippen LogP contribution in [0.5, 0.6) is 0 Å². The van der Waals surface area contributed by atoms with Crippen molar-refractivity contribution in [3.63, 3.8) is 0 Å². The topological polar surface area (TPSA) is 105 Å². The van der Waals surface area contributed by atoms with Gasteiger partial charge in [-0.25, -0.2) is 0 Å². The van der Waals surface area contributed by atoms with Gasteiger partial charge in [0, 0.05) is 36.9 Å². The molecule has 0 amide bonds. The van der Waals surface area contributed by atoms with E-state index < -0.39 is 6.29 Å². The minimum Gasteiger partial charge on any atom is -0.394 e. The van der Waals surface area contributed by atoms with Crippen LogP contribution < -0.4 is 5.73 Å². The third-order valence-corrected chi connectivity index (χ3v) is 4.14. The molecular formula is C23H30N2O4. The van der Waals surface area contributed by atoms with E-state index in [4.69, 9.17) is 15.6 Å². The summed E-state index contributed by atoms with van der Waals surface area (Å²) in [5.41, 5.74) is 8.02. The Hall–Kier alpha value is -2.64. The quantitative estimate of drug-likeness (QED) is 0.254. The van der Waals surface area contributed by atoms with Gasteiger partial charge in [-0.05, 0) is 29.7 Å². The molecule has 0 spiro atoms. The van der Waals surface area contributed by atoms with Gasteiger partial charge in [0.2, 0.25) is 0 Å². The molecule has 0 radical (unpaired) electrons. The summed E-state index contributed by atoms with van der Waals surface area (Å²) in [5.74, 6) is -0.332. The number of ether oxygens (including phenoxy) is 1. The van der Waals surface area contributed by atoms with Gasteiger partial charge in [0.15, 0.2) is 6.29 Å². The van der Waals surface area contributed by atoms with Crippen molar-refractivity contribution in [2.75, 3.05) is 19.8 Å². The Morgan fingerprint density at radius 2 is 2.14 bits per heavy atom. The predicted molar refractivity (Wildman–Crippen MR) is 117 cm³/mol. The Morgan fingerprint density at radius 3 is 2.79 bits per heavy atom. The third kappa shape index (κ3) is 8.93. The van der Waals surface area contributed by atoms with Crippen LogP contribution in [0, 0.1) is 5.92 Å². The Morgan fingerprint density at radius 1 is 1.34 bits per heavy atom. The largest absolute Gasteiger partial charge is 0.394 e. The minimum atomic E-state index is -1.14. The van der Waals surface area contributed by atoms with Crippen LogP contribution in [0.15, 0.2) is 72.9 Å². The van der Waals surface area contributed by atoms with E-state index in [1.165, 1.54) is 6.20 Å². The fraction of sp³-hybridized carbons (Fsp3) is 0.304. The van der Waals surface area contributed by atoms with Crippen LogP contribution in [0.1, 0.15) is 30.3 Å².